The number of hydrogen-bond acceptors (Lipinski definition) is 4. The zero-order valence-corrected chi connectivity index (χ0v) is 10.6. The van der Waals surface area contributed by atoms with Crippen LogP contribution < -0.4 is 5.32 Å². The Morgan fingerprint density at radius 3 is 2.50 bits per heavy atom. The van der Waals surface area contributed by atoms with Gasteiger partial charge in [-0.1, -0.05) is 0 Å². The lowest BCUT2D eigenvalue weighted by Crippen LogP contribution is -2.46. The molecule has 16 heavy (non-hydrogen) atoms. The quantitative estimate of drug-likeness (QED) is 0.584. The smallest absolute Gasteiger partial charge is 0.0791 e. The Labute approximate surface area is 98.6 Å². The van der Waals surface area contributed by atoms with Gasteiger partial charge in [0.25, 0.3) is 0 Å². The van der Waals surface area contributed by atoms with Gasteiger partial charge in [0.05, 0.1) is 6.10 Å². The summed E-state index contributed by atoms with van der Waals surface area (Å²) in [5.74, 6) is 0. The Balaban J connectivity index is 2.15. The van der Waals surface area contributed by atoms with Crippen LogP contribution in [0.4, 0.5) is 0 Å². The van der Waals surface area contributed by atoms with Crippen molar-refractivity contribution in [3.05, 3.63) is 0 Å². The summed E-state index contributed by atoms with van der Waals surface area (Å²) in [7, 11) is 0. The van der Waals surface area contributed by atoms with E-state index in [4.69, 9.17) is 5.11 Å². The van der Waals surface area contributed by atoms with Crippen LogP contribution in [-0.4, -0.2) is 59.5 Å². The summed E-state index contributed by atoms with van der Waals surface area (Å²) in [5.41, 5.74) is -0.0965. The van der Waals surface area contributed by atoms with Gasteiger partial charge in [0.15, 0.2) is 0 Å². The largest absolute Gasteiger partial charge is 0.396 e. The summed E-state index contributed by atoms with van der Waals surface area (Å²) in [6.07, 6.45) is 2.92. The first-order valence-electron chi connectivity index (χ1n) is 6.30. The topological polar surface area (TPSA) is 55.7 Å². The molecule has 0 aromatic carbocycles. The highest BCUT2D eigenvalue weighted by atomic mass is 16.3. The first kappa shape index (κ1) is 13.9. The van der Waals surface area contributed by atoms with E-state index < -0.39 is 0 Å². The van der Waals surface area contributed by atoms with Crippen LogP contribution in [0.25, 0.3) is 0 Å². The van der Waals surface area contributed by atoms with Gasteiger partial charge in [-0.05, 0) is 46.2 Å². The number of aliphatic hydroxyl groups is 2. The highest BCUT2D eigenvalue weighted by molar-refractivity contribution is 4.80. The molecule has 0 amide bonds. The third kappa shape index (κ3) is 5.25. The molecule has 1 aliphatic rings. The summed E-state index contributed by atoms with van der Waals surface area (Å²) in [4.78, 5) is 2.31. The predicted octanol–water partition coefficient (Wildman–Crippen LogP) is 0.194. The van der Waals surface area contributed by atoms with Crippen LogP contribution in [0.3, 0.4) is 0 Å². The van der Waals surface area contributed by atoms with Gasteiger partial charge in [-0.15, -0.1) is 0 Å². The lowest BCUT2D eigenvalue weighted by atomic mass is 10.0. The van der Waals surface area contributed by atoms with Gasteiger partial charge in [0, 0.05) is 25.2 Å². The second kappa shape index (κ2) is 6.55. The maximum atomic E-state index is 9.87. The second-order valence-electron chi connectivity index (χ2n) is 5.40. The van der Waals surface area contributed by atoms with E-state index in [1.807, 2.05) is 13.8 Å². The Bertz CT molecular complexity index is 191. The van der Waals surface area contributed by atoms with Gasteiger partial charge in [-0.25, -0.2) is 0 Å². The molecule has 1 fully saturated rings. The van der Waals surface area contributed by atoms with E-state index in [1.54, 1.807) is 0 Å². The maximum absolute atomic E-state index is 9.87. The lowest BCUT2D eigenvalue weighted by molar-refractivity contribution is 0.111. The molecular weight excluding hydrogens is 204 g/mol. The second-order valence-corrected chi connectivity index (χ2v) is 5.40. The van der Waals surface area contributed by atoms with Crippen molar-refractivity contribution in [2.45, 2.75) is 44.8 Å². The zero-order chi connectivity index (χ0) is 12.0. The molecule has 0 spiro atoms. The number of β-amino-alcohol motifs (C(OH)–C–C–N with tert-alkyl or cyclic N) is 1. The van der Waals surface area contributed by atoms with Gasteiger partial charge in [0.1, 0.15) is 0 Å². The van der Waals surface area contributed by atoms with Crippen LogP contribution in [0.5, 0.6) is 0 Å². The number of aliphatic hydroxyl groups excluding tert-OH is 2. The Morgan fingerprint density at radius 2 is 1.94 bits per heavy atom. The fourth-order valence-electron chi connectivity index (χ4n) is 2.09. The van der Waals surface area contributed by atoms with E-state index in [9.17, 15) is 5.11 Å². The molecule has 0 bridgehead atoms. The molecule has 1 saturated heterocycles. The van der Waals surface area contributed by atoms with E-state index in [0.29, 0.717) is 13.0 Å². The molecule has 1 unspecified atom stereocenters. The van der Waals surface area contributed by atoms with Gasteiger partial charge >= 0.3 is 0 Å². The molecule has 4 nitrogen and oxygen atoms in total. The average Bonchev–Trinajstić information content (AvgIpc) is 2.68. The summed E-state index contributed by atoms with van der Waals surface area (Å²) < 4.78 is 0. The molecule has 1 rings (SSSR count). The Kier molecular flexibility index (Phi) is 5.69. The van der Waals surface area contributed by atoms with Crippen LogP contribution in [0, 0.1) is 0 Å². The van der Waals surface area contributed by atoms with Gasteiger partial charge in [-0.3, -0.25) is 0 Å². The Morgan fingerprint density at radius 1 is 1.31 bits per heavy atom. The molecule has 1 aliphatic heterocycles. The Hall–Kier alpha value is -0.160. The molecule has 0 aromatic rings. The van der Waals surface area contributed by atoms with Gasteiger partial charge in [0.2, 0.25) is 0 Å². The van der Waals surface area contributed by atoms with Gasteiger partial charge in [-0.2, -0.15) is 0 Å². The minimum absolute atomic E-state index is 0.0965. The third-order valence-corrected chi connectivity index (χ3v) is 3.22. The average molecular weight is 230 g/mol. The van der Waals surface area contributed by atoms with Crippen molar-refractivity contribution in [2.75, 3.05) is 32.8 Å². The number of nitrogens with one attached hydrogen (secondary N) is 1. The zero-order valence-electron chi connectivity index (χ0n) is 10.6. The van der Waals surface area contributed by atoms with Crippen LogP contribution >= 0.6 is 0 Å². The van der Waals surface area contributed by atoms with Crippen molar-refractivity contribution in [3.63, 3.8) is 0 Å². The van der Waals surface area contributed by atoms with Crippen LogP contribution in [-0.2, 0) is 0 Å². The van der Waals surface area contributed by atoms with E-state index >= 15 is 0 Å². The summed E-state index contributed by atoms with van der Waals surface area (Å²) in [5, 5.41) is 22.1. The molecular formula is C12H26N2O2. The highest BCUT2D eigenvalue weighted by Crippen LogP contribution is 2.09. The molecule has 3 N–H and O–H groups in total. The van der Waals surface area contributed by atoms with Crippen LogP contribution in [0.15, 0.2) is 0 Å². The summed E-state index contributed by atoms with van der Waals surface area (Å²) in [6, 6.07) is 0. The molecule has 4 heteroatoms. The fraction of sp³-hybridized carbons (Fsp3) is 1.00. The predicted molar refractivity (Wildman–Crippen MR) is 65.5 cm³/mol. The van der Waals surface area contributed by atoms with Crippen molar-refractivity contribution in [1.82, 2.24) is 10.2 Å². The van der Waals surface area contributed by atoms with Crippen molar-refractivity contribution < 1.29 is 10.2 Å². The molecule has 1 heterocycles. The highest BCUT2D eigenvalue weighted by Gasteiger charge is 2.20. The van der Waals surface area contributed by atoms with Gasteiger partial charge < -0.3 is 20.4 Å². The summed E-state index contributed by atoms with van der Waals surface area (Å²) >= 11 is 0. The van der Waals surface area contributed by atoms with E-state index in [2.05, 4.69) is 10.2 Å². The lowest BCUT2D eigenvalue weighted by Gasteiger charge is -2.28. The van der Waals surface area contributed by atoms with Crippen molar-refractivity contribution in [2.24, 2.45) is 0 Å². The van der Waals surface area contributed by atoms with Crippen molar-refractivity contribution in [1.29, 1.82) is 0 Å². The minimum Gasteiger partial charge on any atom is -0.396 e. The first-order chi connectivity index (χ1) is 7.53. The number of nitrogens with zero attached hydrogens (tertiary/aromatic N) is 1. The van der Waals surface area contributed by atoms with E-state index in [1.165, 1.54) is 12.8 Å². The minimum atomic E-state index is -0.309. The monoisotopic (exact) mass is 230 g/mol. The molecule has 0 radical (unpaired) electrons. The molecule has 0 aromatic heterocycles. The SMILES string of the molecule is CC(C)(CCO)NCC(O)CN1CCCC1. The van der Waals surface area contributed by atoms with Crippen LogP contribution in [0.2, 0.25) is 0 Å². The van der Waals surface area contributed by atoms with Crippen LogP contribution in [0.1, 0.15) is 33.1 Å². The molecule has 0 saturated carbocycles. The normalized spacial score (nSPS) is 20.2. The summed E-state index contributed by atoms with van der Waals surface area (Å²) in [6.45, 7) is 7.89. The van der Waals surface area contributed by atoms with Crippen molar-refractivity contribution in [3.8, 4) is 0 Å². The fourth-order valence-corrected chi connectivity index (χ4v) is 2.09. The first-order valence-corrected chi connectivity index (χ1v) is 6.30. The number of hydrogen-bond donors (Lipinski definition) is 3. The molecule has 0 aliphatic carbocycles. The molecule has 1 atom stereocenters. The van der Waals surface area contributed by atoms with E-state index in [0.717, 1.165) is 19.6 Å². The maximum Gasteiger partial charge on any atom is 0.0791 e. The molecule has 96 valence electrons. The van der Waals surface area contributed by atoms with Crippen molar-refractivity contribution >= 4 is 0 Å². The third-order valence-electron chi connectivity index (χ3n) is 3.22. The number of rotatable bonds is 7. The number of likely N-dealkylation sites (tertiary alicyclic amines) is 1. The standard InChI is InChI=1S/C12H26N2O2/c1-12(2,5-8-15)13-9-11(16)10-14-6-3-4-7-14/h11,13,15-16H,3-10H2,1-2H3. The van der Waals surface area contributed by atoms with E-state index in [-0.39, 0.29) is 18.2 Å².